The maximum Gasteiger partial charge on any atom is 0.407 e. The van der Waals surface area contributed by atoms with E-state index in [9.17, 15) is 19.5 Å². The van der Waals surface area contributed by atoms with E-state index in [1.165, 1.54) is 10.5 Å². The fourth-order valence-corrected chi connectivity index (χ4v) is 5.83. The van der Waals surface area contributed by atoms with Crippen LogP contribution in [0, 0.1) is 12.8 Å². The number of benzene rings is 2. The van der Waals surface area contributed by atoms with E-state index in [0.717, 1.165) is 54.8 Å². The fraction of sp³-hybridized carbons (Fsp3) is 0.516. The predicted molar refractivity (Wildman–Crippen MR) is 156 cm³/mol. The molecule has 1 atom stereocenters. The molecule has 222 valence electrons. The number of ether oxygens (including phenoxy) is 2. The molecule has 2 aromatic rings. The Balaban J connectivity index is 1.26. The summed E-state index contributed by atoms with van der Waals surface area (Å²) in [7, 11) is 1.85. The molecule has 1 saturated carbocycles. The molecule has 0 radical (unpaired) electrons. The van der Waals surface area contributed by atoms with E-state index in [4.69, 9.17) is 15.2 Å². The summed E-state index contributed by atoms with van der Waals surface area (Å²) in [5, 5.41) is 9.32. The zero-order valence-electron chi connectivity index (χ0n) is 24.3. The Bertz CT molecular complexity index is 1230. The maximum absolute atomic E-state index is 13.4. The van der Waals surface area contributed by atoms with Crippen molar-refractivity contribution in [2.75, 3.05) is 38.2 Å². The molecule has 1 saturated heterocycles. The third kappa shape index (κ3) is 8.13. The number of carbonyl (C=O) groups is 3. The minimum absolute atomic E-state index is 0.0372. The molecule has 1 aliphatic heterocycles. The Morgan fingerprint density at radius 1 is 1.07 bits per heavy atom. The van der Waals surface area contributed by atoms with Crippen LogP contribution in [0.15, 0.2) is 42.5 Å². The summed E-state index contributed by atoms with van der Waals surface area (Å²) in [6.45, 7) is 6.92. The Kier molecular flexibility index (Phi) is 10.1. The van der Waals surface area contributed by atoms with Gasteiger partial charge in [0.1, 0.15) is 5.75 Å². The Morgan fingerprint density at radius 3 is 2.49 bits per heavy atom. The van der Waals surface area contributed by atoms with E-state index in [2.05, 4.69) is 24.0 Å². The van der Waals surface area contributed by atoms with Crippen LogP contribution in [0.3, 0.4) is 0 Å². The quantitative estimate of drug-likeness (QED) is 0.460. The van der Waals surface area contributed by atoms with Crippen LogP contribution in [0.4, 0.5) is 15.3 Å². The summed E-state index contributed by atoms with van der Waals surface area (Å²) < 4.78 is 11.0. The van der Waals surface area contributed by atoms with Gasteiger partial charge in [-0.15, -0.1) is 0 Å². The van der Waals surface area contributed by atoms with Gasteiger partial charge in [-0.1, -0.05) is 18.2 Å². The molecule has 1 heterocycles. The van der Waals surface area contributed by atoms with Gasteiger partial charge in [-0.05, 0) is 80.5 Å². The number of nitrogens with two attached hydrogens (primary N) is 1. The maximum atomic E-state index is 13.4. The number of piperazine rings is 1. The Morgan fingerprint density at radius 2 is 1.83 bits per heavy atom. The summed E-state index contributed by atoms with van der Waals surface area (Å²) in [5.74, 6) is 0.872. The van der Waals surface area contributed by atoms with Crippen molar-refractivity contribution in [3.63, 3.8) is 0 Å². The van der Waals surface area contributed by atoms with E-state index in [1.807, 2.05) is 44.3 Å². The number of hydrogen-bond donors (Lipinski definition) is 2. The normalized spacial score (nSPS) is 21.2. The van der Waals surface area contributed by atoms with Crippen molar-refractivity contribution in [3.05, 3.63) is 59.2 Å². The second-order valence-electron chi connectivity index (χ2n) is 11.2. The highest BCUT2D eigenvalue weighted by atomic mass is 16.5. The van der Waals surface area contributed by atoms with Crippen LogP contribution in [0.5, 0.6) is 5.75 Å². The van der Waals surface area contributed by atoms with Crippen molar-refractivity contribution in [2.45, 2.75) is 64.6 Å². The second kappa shape index (κ2) is 13.7. The lowest BCUT2D eigenvalue weighted by atomic mass is 9.86. The fourth-order valence-electron chi connectivity index (χ4n) is 5.83. The molecule has 3 N–H and O–H groups in total. The van der Waals surface area contributed by atoms with Crippen molar-refractivity contribution in [3.8, 4) is 5.75 Å². The summed E-state index contributed by atoms with van der Waals surface area (Å²) in [6.07, 6.45) is 2.16. The molecule has 4 rings (SSSR count). The van der Waals surface area contributed by atoms with E-state index in [0.29, 0.717) is 26.1 Å². The number of primary amides is 1. The molecule has 41 heavy (non-hydrogen) atoms. The van der Waals surface area contributed by atoms with E-state index in [1.54, 1.807) is 4.90 Å². The standard InChI is InChI=1S/C31H42N4O6/c1-21-17-26(10-7-25(21)20-34-14-15-35(31(38)39)22(2)19-34)33(3)29(36)24-8-11-27(12-9-24)41-28-6-4-5-23(18-28)13-16-40-30(32)37/h4-7,10,17-18,22,24,27H,8-9,11-16,19-20H2,1-3H3,(H2,32,37)(H,38,39)/t22-,24-,27-/m0/s1. The van der Waals surface area contributed by atoms with Gasteiger partial charge in [-0.25, -0.2) is 9.59 Å². The molecule has 2 fully saturated rings. The molecule has 0 bridgehead atoms. The van der Waals surface area contributed by atoms with Crippen molar-refractivity contribution in [1.29, 1.82) is 0 Å². The van der Waals surface area contributed by atoms with E-state index in [-0.39, 0.29) is 30.6 Å². The molecule has 1 aliphatic carbocycles. The van der Waals surface area contributed by atoms with Crippen molar-refractivity contribution in [1.82, 2.24) is 9.80 Å². The zero-order chi connectivity index (χ0) is 29.5. The number of hydrogen-bond acceptors (Lipinski definition) is 6. The molecule has 0 unspecified atom stereocenters. The van der Waals surface area contributed by atoms with Gasteiger partial charge in [-0.3, -0.25) is 9.69 Å². The average Bonchev–Trinajstić information content (AvgIpc) is 2.93. The van der Waals surface area contributed by atoms with Crippen LogP contribution in [0.1, 0.15) is 49.3 Å². The number of amides is 3. The molecular weight excluding hydrogens is 524 g/mol. The van der Waals surface area contributed by atoms with Crippen molar-refractivity contribution in [2.24, 2.45) is 11.7 Å². The molecule has 3 amide bonds. The summed E-state index contributed by atoms with van der Waals surface area (Å²) in [4.78, 5) is 41.1. The number of carboxylic acid groups (broad SMARTS) is 1. The van der Waals surface area contributed by atoms with E-state index < -0.39 is 12.2 Å². The topological polar surface area (TPSA) is 126 Å². The molecule has 10 heteroatoms. The molecule has 0 aromatic heterocycles. The van der Waals surface area contributed by atoms with Crippen LogP contribution >= 0.6 is 0 Å². The summed E-state index contributed by atoms with van der Waals surface area (Å²) in [6, 6.07) is 13.9. The minimum Gasteiger partial charge on any atom is -0.490 e. The lowest BCUT2D eigenvalue weighted by Gasteiger charge is -2.38. The molecule has 0 spiro atoms. The number of rotatable bonds is 9. The highest BCUT2D eigenvalue weighted by Crippen LogP contribution is 2.31. The largest absolute Gasteiger partial charge is 0.490 e. The molecular formula is C31H42N4O6. The van der Waals surface area contributed by atoms with E-state index >= 15 is 0 Å². The van der Waals surface area contributed by atoms with Crippen LogP contribution in [0.2, 0.25) is 0 Å². The summed E-state index contributed by atoms with van der Waals surface area (Å²) >= 11 is 0. The first-order chi connectivity index (χ1) is 19.6. The smallest absolute Gasteiger partial charge is 0.407 e. The predicted octanol–water partition coefficient (Wildman–Crippen LogP) is 4.42. The highest BCUT2D eigenvalue weighted by Gasteiger charge is 2.30. The first-order valence-electron chi connectivity index (χ1n) is 14.4. The van der Waals surface area contributed by atoms with Gasteiger partial charge in [0.2, 0.25) is 5.91 Å². The monoisotopic (exact) mass is 566 g/mol. The van der Waals surface area contributed by atoms with Gasteiger partial charge in [-0.2, -0.15) is 0 Å². The van der Waals surface area contributed by atoms with Crippen LogP contribution in [-0.2, 0) is 22.5 Å². The van der Waals surface area contributed by atoms with Crippen LogP contribution in [-0.4, -0.2) is 78.4 Å². The lowest BCUT2D eigenvalue weighted by molar-refractivity contribution is -0.123. The van der Waals surface area contributed by atoms with Crippen molar-refractivity contribution < 1.29 is 29.0 Å². The zero-order valence-corrected chi connectivity index (χ0v) is 24.3. The van der Waals surface area contributed by atoms with Crippen LogP contribution in [0.25, 0.3) is 0 Å². The second-order valence-corrected chi connectivity index (χ2v) is 11.2. The van der Waals surface area contributed by atoms with Gasteiger partial charge >= 0.3 is 12.2 Å². The van der Waals surface area contributed by atoms with Crippen molar-refractivity contribution >= 4 is 23.8 Å². The highest BCUT2D eigenvalue weighted by molar-refractivity contribution is 5.94. The number of nitrogens with zero attached hydrogens (tertiary/aromatic N) is 3. The van der Waals surface area contributed by atoms with Crippen LogP contribution < -0.4 is 15.4 Å². The summed E-state index contributed by atoms with van der Waals surface area (Å²) in [5.41, 5.74) is 9.22. The first kappa shape index (κ1) is 30.2. The third-order valence-electron chi connectivity index (χ3n) is 8.26. The first-order valence-corrected chi connectivity index (χ1v) is 14.4. The lowest BCUT2D eigenvalue weighted by Crippen LogP contribution is -2.53. The van der Waals surface area contributed by atoms with Gasteiger partial charge in [0.15, 0.2) is 0 Å². The SMILES string of the molecule is Cc1cc(N(C)C(=O)[C@H]2CC[C@H](Oc3cccc(CCOC(N)=O)c3)CC2)ccc1CN1CCN(C(=O)O)[C@@H](C)C1. The minimum atomic E-state index is -0.859. The Labute approximate surface area is 242 Å². The average molecular weight is 567 g/mol. The number of aryl methyl sites for hydroxylation is 1. The van der Waals surface area contributed by atoms with Gasteiger partial charge in [0, 0.05) is 57.3 Å². The third-order valence-corrected chi connectivity index (χ3v) is 8.26. The molecule has 2 aliphatic rings. The van der Waals surface area contributed by atoms with Gasteiger partial charge in [0.05, 0.1) is 12.7 Å². The van der Waals surface area contributed by atoms with Gasteiger partial charge < -0.3 is 30.1 Å². The Hall–Kier alpha value is -3.79. The number of anilines is 1. The number of carbonyl (C=O) groups excluding carboxylic acids is 2. The van der Waals surface area contributed by atoms with Gasteiger partial charge in [0.25, 0.3) is 0 Å². The molecule has 10 nitrogen and oxygen atoms in total. The molecule has 2 aromatic carbocycles.